The molecule has 1 aliphatic carbocycles. The first-order valence-corrected chi connectivity index (χ1v) is 8.99. The summed E-state index contributed by atoms with van der Waals surface area (Å²) in [5.41, 5.74) is 0. The van der Waals surface area contributed by atoms with Crippen LogP contribution in [-0.2, 0) is 0 Å². The molecule has 0 heterocycles. The molecular weight excluding hydrogens is 200 g/mol. The summed E-state index contributed by atoms with van der Waals surface area (Å²) in [5.74, 6) is 0. The van der Waals surface area contributed by atoms with E-state index in [4.69, 9.17) is 0 Å². The van der Waals surface area contributed by atoms with Gasteiger partial charge in [0.2, 0.25) is 0 Å². The highest BCUT2D eigenvalue weighted by molar-refractivity contribution is 9.23. The van der Waals surface area contributed by atoms with E-state index >= 15 is 0 Å². The van der Waals surface area contributed by atoms with Crippen molar-refractivity contribution in [3.8, 4) is 0 Å². The Morgan fingerprint density at radius 3 is 2.20 bits per heavy atom. The van der Waals surface area contributed by atoms with Gasteiger partial charge in [0.15, 0.2) is 0 Å². The van der Waals surface area contributed by atoms with Gasteiger partial charge in [-0.3, -0.25) is 0 Å². The Balaban J connectivity index is 2.44. The molecule has 0 N–H and O–H groups in total. The second-order valence-electron chi connectivity index (χ2n) is 3.55. The Labute approximate surface area is 79.7 Å². The molecule has 0 unspecified atom stereocenters. The number of halogens is 1. The molecule has 56 valence electrons. The van der Waals surface area contributed by atoms with E-state index in [0.717, 1.165) is 3.54 Å². The van der Waals surface area contributed by atoms with Gasteiger partial charge in [-0.1, -0.05) is 45.4 Å². The van der Waals surface area contributed by atoms with Crippen LogP contribution in [0, 0.1) is 0 Å². The molecule has 0 amide bonds. The quantitative estimate of drug-likeness (QED) is 0.618. The average molecular weight is 215 g/mol. The SMILES string of the molecule is CC[C]1([Mg][Br])CCCCC1. The summed E-state index contributed by atoms with van der Waals surface area (Å²) in [6, 6.07) is 0. The maximum absolute atomic E-state index is 3.77. The van der Waals surface area contributed by atoms with Crippen molar-refractivity contribution in [1.29, 1.82) is 0 Å². The van der Waals surface area contributed by atoms with Crippen molar-refractivity contribution in [2.45, 2.75) is 49.0 Å². The number of rotatable bonds is 2. The molecule has 1 fully saturated rings. The molecule has 0 aromatic carbocycles. The molecule has 0 aromatic rings. The summed E-state index contributed by atoms with van der Waals surface area (Å²) >= 11 is 3.84. The summed E-state index contributed by atoms with van der Waals surface area (Å²) in [6.07, 6.45) is 8.93. The standard InChI is InChI=1S/C8H15.BrH.Mg/c1-2-8-6-4-3-5-7-8;;/h2-7H2,1H3;1H;/q;;+1/p-1. The molecule has 0 radical (unpaired) electrons. The van der Waals surface area contributed by atoms with Crippen LogP contribution in [0.4, 0.5) is 0 Å². The van der Waals surface area contributed by atoms with Crippen LogP contribution in [0.25, 0.3) is 0 Å². The van der Waals surface area contributed by atoms with Crippen molar-refractivity contribution in [2.75, 3.05) is 0 Å². The summed E-state index contributed by atoms with van der Waals surface area (Å²) in [6.45, 7) is 2.36. The largest absolute Gasteiger partial charge is 0.475 e. The molecule has 0 nitrogen and oxygen atoms in total. The first-order chi connectivity index (χ1) is 4.83. The van der Waals surface area contributed by atoms with Gasteiger partial charge in [0, 0.05) is 0 Å². The van der Waals surface area contributed by atoms with Gasteiger partial charge in [-0.15, -0.1) is 3.54 Å². The van der Waals surface area contributed by atoms with Crippen molar-refractivity contribution in [2.24, 2.45) is 0 Å². The Hall–Kier alpha value is 1.25. The zero-order chi connectivity index (χ0) is 7.45. The Bertz CT molecular complexity index is 91.4. The van der Waals surface area contributed by atoms with Crippen LogP contribution in [0.2, 0.25) is 3.54 Å². The second kappa shape index (κ2) is 4.32. The number of hydrogen-bond donors (Lipinski definition) is 0. The normalized spacial score (nSPS) is 23.8. The minimum absolute atomic E-state index is 0.0738. The van der Waals surface area contributed by atoms with Crippen molar-refractivity contribution in [1.82, 2.24) is 0 Å². The lowest BCUT2D eigenvalue weighted by Gasteiger charge is -2.35. The monoisotopic (exact) mass is 214 g/mol. The molecular formula is C8H15BrMg. The van der Waals surface area contributed by atoms with E-state index in [9.17, 15) is 0 Å². The van der Waals surface area contributed by atoms with E-state index in [1.165, 1.54) is 38.5 Å². The summed E-state index contributed by atoms with van der Waals surface area (Å²) in [7, 11) is 0. The first-order valence-electron chi connectivity index (χ1n) is 4.39. The van der Waals surface area contributed by atoms with Crippen molar-refractivity contribution < 1.29 is 0 Å². The average Bonchev–Trinajstić information content (AvgIpc) is 2.06. The highest BCUT2D eigenvalue weighted by Crippen LogP contribution is 2.45. The zero-order valence-electron chi connectivity index (χ0n) is 6.83. The lowest BCUT2D eigenvalue weighted by molar-refractivity contribution is 0.369. The minimum Gasteiger partial charge on any atom is -0.306 e. The fraction of sp³-hybridized carbons (Fsp3) is 1.00. The summed E-state index contributed by atoms with van der Waals surface area (Å²) in [4.78, 5) is 0. The maximum atomic E-state index is 3.77. The van der Waals surface area contributed by atoms with Gasteiger partial charge >= 0.3 is 18.2 Å². The van der Waals surface area contributed by atoms with Gasteiger partial charge in [0.25, 0.3) is 0 Å². The van der Waals surface area contributed by atoms with Gasteiger partial charge in [0.05, 0.1) is 0 Å². The van der Waals surface area contributed by atoms with Crippen LogP contribution in [0.5, 0.6) is 0 Å². The molecule has 2 heteroatoms. The molecule has 0 aliphatic heterocycles. The van der Waals surface area contributed by atoms with Crippen LogP contribution in [0.15, 0.2) is 0 Å². The third-order valence-electron chi connectivity index (χ3n) is 2.95. The lowest BCUT2D eigenvalue weighted by Crippen LogP contribution is -2.19. The maximum Gasteiger partial charge on any atom is 0.475 e. The van der Waals surface area contributed by atoms with Crippen molar-refractivity contribution >= 4 is 31.1 Å². The second-order valence-corrected chi connectivity index (χ2v) is 7.00. The van der Waals surface area contributed by atoms with Crippen molar-refractivity contribution in [3.05, 3.63) is 0 Å². The van der Waals surface area contributed by atoms with Crippen molar-refractivity contribution in [3.63, 3.8) is 0 Å². The first kappa shape index (κ1) is 9.34. The van der Waals surface area contributed by atoms with Gasteiger partial charge in [0.1, 0.15) is 0 Å². The van der Waals surface area contributed by atoms with Gasteiger partial charge < -0.3 is 12.9 Å². The number of hydrogen-bond acceptors (Lipinski definition) is 0. The van der Waals surface area contributed by atoms with Crippen LogP contribution in [0.3, 0.4) is 0 Å². The molecule has 0 bridgehead atoms. The smallest absolute Gasteiger partial charge is 0.306 e. The zero-order valence-corrected chi connectivity index (χ0v) is 9.83. The third kappa shape index (κ3) is 2.11. The van der Waals surface area contributed by atoms with E-state index in [0.29, 0.717) is 0 Å². The van der Waals surface area contributed by atoms with Gasteiger partial charge in [-0.05, 0) is 0 Å². The molecule has 0 atom stereocenters. The molecule has 10 heavy (non-hydrogen) atoms. The van der Waals surface area contributed by atoms with Crippen LogP contribution in [-0.4, -0.2) is 18.2 Å². The van der Waals surface area contributed by atoms with Gasteiger partial charge in [-0.25, -0.2) is 0 Å². The van der Waals surface area contributed by atoms with Crippen LogP contribution in [0.1, 0.15) is 45.4 Å². The molecule has 1 rings (SSSR count). The summed E-state index contributed by atoms with van der Waals surface area (Å²) in [5, 5.41) is 0. The molecule has 0 saturated heterocycles. The Morgan fingerprint density at radius 1 is 1.30 bits per heavy atom. The molecule has 0 aromatic heterocycles. The fourth-order valence-electron chi connectivity index (χ4n) is 1.88. The Morgan fingerprint density at radius 2 is 1.90 bits per heavy atom. The van der Waals surface area contributed by atoms with E-state index < -0.39 is 0 Å². The van der Waals surface area contributed by atoms with Gasteiger partial charge in [-0.2, -0.15) is 0 Å². The Kier molecular flexibility index (Phi) is 4.03. The van der Waals surface area contributed by atoms with E-state index in [-0.39, 0.29) is 18.2 Å². The molecule has 1 saturated carbocycles. The highest BCUT2D eigenvalue weighted by Gasteiger charge is 2.30. The predicted molar refractivity (Wildman–Crippen MR) is 50.8 cm³/mol. The predicted octanol–water partition coefficient (Wildman–Crippen LogP) is 3.53. The van der Waals surface area contributed by atoms with E-state index in [1.807, 2.05) is 0 Å². The molecule has 1 aliphatic rings. The molecule has 0 spiro atoms. The summed E-state index contributed by atoms with van der Waals surface area (Å²) < 4.78 is 0.818. The topological polar surface area (TPSA) is 0 Å². The van der Waals surface area contributed by atoms with Crippen LogP contribution < -0.4 is 0 Å². The third-order valence-corrected chi connectivity index (χ3v) is 8.29. The van der Waals surface area contributed by atoms with Crippen LogP contribution >= 0.6 is 12.9 Å². The minimum atomic E-state index is 0.0738. The van der Waals surface area contributed by atoms with E-state index in [2.05, 4.69) is 19.8 Å². The van der Waals surface area contributed by atoms with E-state index in [1.54, 1.807) is 0 Å². The highest BCUT2D eigenvalue weighted by atomic mass is 79.9. The lowest BCUT2D eigenvalue weighted by atomic mass is 9.86. The fourth-order valence-corrected chi connectivity index (χ4v) is 5.71.